The van der Waals surface area contributed by atoms with Crippen LogP contribution < -0.4 is 0 Å². The van der Waals surface area contributed by atoms with Crippen molar-refractivity contribution in [2.45, 2.75) is 13.5 Å². The largest absolute Gasteiger partial charge is 0.298 e. The summed E-state index contributed by atoms with van der Waals surface area (Å²) in [6.07, 6.45) is 1.95. The molecule has 3 nitrogen and oxygen atoms in total. The highest BCUT2D eigenvalue weighted by atomic mass is 19.1. The second kappa shape index (κ2) is 7.00. The summed E-state index contributed by atoms with van der Waals surface area (Å²) in [7, 11) is 1.92. The first-order valence-electron chi connectivity index (χ1n) is 8.80. The molecule has 4 rings (SSSR count). The van der Waals surface area contributed by atoms with E-state index < -0.39 is 0 Å². The van der Waals surface area contributed by atoms with E-state index in [0.717, 1.165) is 5.69 Å². The van der Waals surface area contributed by atoms with E-state index in [2.05, 4.69) is 10.2 Å². The maximum atomic E-state index is 15.5. The number of nitrogens with zero attached hydrogens (tertiary/aromatic N) is 3. The predicted octanol–water partition coefficient (Wildman–Crippen LogP) is 4.61. The van der Waals surface area contributed by atoms with Gasteiger partial charge in [0.1, 0.15) is 11.6 Å². The van der Waals surface area contributed by atoms with Crippen molar-refractivity contribution in [1.82, 2.24) is 15.1 Å². The molecule has 0 radical (unpaired) electrons. The Morgan fingerprint density at radius 2 is 1.67 bits per heavy atom. The van der Waals surface area contributed by atoms with Crippen LogP contribution in [0.15, 0.2) is 54.6 Å². The minimum absolute atomic E-state index is 0.312. The number of rotatable bonds is 2. The summed E-state index contributed by atoms with van der Waals surface area (Å²) in [6.45, 7) is 2.88. The molecule has 0 aliphatic carbocycles. The van der Waals surface area contributed by atoms with Gasteiger partial charge in [-0.1, -0.05) is 30.3 Å². The average molecular weight is 363 g/mol. The molecule has 136 valence electrons. The zero-order valence-electron chi connectivity index (χ0n) is 15.2. The standard InChI is InChI=1S/C22H19F2N3/c1-14-7-10-21(26-25-14)18-9-8-15-16(17-5-3-4-6-20(17)23)11-12-27(2)13-19(15)22(18)24/h3-11H,12-13H2,1-2H3. The van der Waals surface area contributed by atoms with Crippen LogP contribution in [0.2, 0.25) is 0 Å². The van der Waals surface area contributed by atoms with Crippen LogP contribution >= 0.6 is 0 Å². The van der Waals surface area contributed by atoms with E-state index in [1.807, 2.05) is 37.1 Å². The maximum Gasteiger partial charge on any atom is 0.137 e. The highest BCUT2D eigenvalue weighted by Gasteiger charge is 2.23. The van der Waals surface area contributed by atoms with E-state index in [4.69, 9.17) is 0 Å². The topological polar surface area (TPSA) is 29.0 Å². The van der Waals surface area contributed by atoms with Gasteiger partial charge in [0.2, 0.25) is 0 Å². The van der Waals surface area contributed by atoms with Crippen molar-refractivity contribution >= 4 is 5.57 Å². The number of benzene rings is 2. The van der Waals surface area contributed by atoms with Crippen LogP contribution in [0.25, 0.3) is 16.8 Å². The molecule has 0 saturated carbocycles. The number of hydrogen-bond donors (Lipinski definition) is 0. The van der Waals surface area contributed by atoms with Gasteiger partial charge < -0.3 is 0 Å². The molecule has 0 amide bonds. The number of halogens is 2. The summed E-state index contributed by atoms with van der Waals surface area (Å²) in [6, 6.07) is 13.7. The zero-order valence-corrected chi connectivity index (χ0v) is 15.2. The fraction of sp³-hybridized carbons (Fsp3) is 0.182. The van der Waals surface area contributed by atoms with Crippen molar-refractivity contribution in [2.24, 2.45) is 0 Å². The van der Waals surface area contributed by atoms with Crippen LogP contribution in [-0.2, 0) is 6.54 Å². The second-order valence-electron chi connectivity index (χ2n) is 6.81. The smallest absolute Gasteiger partial charge is 0.137 e. The van der Waals surface area contributed by atoms with Crippen LogP contribution in [-0.4, -0.2) is 28.7 Å². The normalized spacial score (nSPS) is 14.4. The third-order valence-electron chi connectivity index (χ3n) is 4.81. The van der Waals surface area contributed by atoms with Gasteiger partial charge in [-0.2, -0.15) is 10.2 Å². The molecule has 27 heavy (non-hydrogen) atoms. The van der Waals surface area contributed by atoms with Crippen LogP contribution in [0.3, 0.4) is 0 Å². The molecule has 5 heteroatoms. The lowest BCUT2D eigenvalue weighted by Crippen LogP contribution is -2.17. The van der Waals surface area contributed by atoms with E-state index in [9.17, 15) is 4.39 Å². The molecule has 0 saturated heterocycles. The van der Waals surface area contributed by atoms with Crippen molar-refractivity contribution < 1.29 is 8.78 Å². The molecule has 1 aliphatic heterocycles. The van der Waals surface area contributed by atoms with Gasteiger partial charge in [0.25, 0.3) is 0 Å². The summed E-state index contributed by atoms with van der Waals surface area (Å²) in [5.74, 6) is -0.644. The number of likely N-dealkylation sites (N-methyl/N-ethyl adjacent to an activating group) is 1. The first-order valence-corrected chi connectivity index (χ1v) is 8.80. The van der Waals surface area contributed by atoms with Crippen molar-refractivity contribution in [3.8, 4) is 11.3 Å². The Morgan fingerprint density at radius 3 is 2.41 bits per heavy atom. The van der Waals surface area contributed by atoms with Crippen LogP contribution in [0.5, 0.6) is 0 Å². The number of aryl methyl sites for hydroxylation is 1. The SMILES string of the molecule is Cc1ccc(-c2ccc3c(c2F)CN(C)CC=C3c2ccccc2F)nn1. The van der Waals surface area contributed by atoms with E-state index in [-0.39, 0.29) is 11.6 Å². The zero-order chi connectivity index (χ0) is 19.0. The first-order chi connectivity index (χ1) is 13.0. The molecular formula is C22H19F2N3. The van der Waals surface area contributed by atoms with Gasteiger partial charge in [-0.25, -0.2) is 8.78 Å². The fourth-order valence-corrected chi connectivity index (χ4v) is 3.39. The highest BCUT2D eigenvalue weighted by Crippen LogP contribution is 2.35. The third kappa shape index (κ3) is 3.26. The lowest BCUT2D eigenvalue weighted by atomic mass is 9.91. The van der Waals surface area contributed by atoms with E-state index in [1.165, 1.54) is 6.07 Å². The summed E-state index contributed by atoms with van der Waals surface area (Å²) in [4.78, 5) is 2.00. The van der Waals surface area contributed by atoms with Crippen molar-refractivity contribution in [3.05, 3.63) is 88.6 Å². The van der Waals surface area contributed by atoms with E-state index in [1.54, 1.807) is 30.3 Å². The lowest BCUT2D eigenvalue weighted by molar-refractivity contribution is 0.358. The van der Waals surface area contributed by atoms with Gasteiger partial charge in [-0.3, -0.25) is 4.90 Å². The van der Waals surface area contributed by atoms with Gasteiger partial charge in [0.05, 0.1) is 11.4 Å². The molecular weight excluding hydrogens is 344 g/mol. The fourth-order valence-electron chi connectivity index (χ4n) is 3.39. The molecule has 0 N–H and O–H groups in total. The summed E-state index contributed by atoms with van der Waals surface area (Å²) >= 11 is 0. The minimum atomic E-state index is -0.332. The highest BCUT2D eigenvalue weighted by molar-refractivity contribution is 5.83. The quantitative estimate of drug-likeness (QED) is 0.666. The van der Waals surface area contributed by atoms with Gasteiger partial charge >= 0.3 is 0 Å². The Bertz CT molecular complexity index is 1030. The predicted molar refractivity (Wildman–Crippen MR) is 102 cm³/mol. The molecule has 2 heterocycles. The average Bonchev–Trinajstić information content (AvgIpc) is 2.83. The van der Waals surface area contributed by atoms with Gasteiger partial charge in [-0.15, -0.1) is 0 Å². The van der Waals surface area contributed by atoms with Gasteiger partial charge in [-0.05, 0) is 49.4 Å². The van der Waals surface area contributed by atoms with Crippen molar-refractivity contribution in [1.29, 1.82) is 0 Å². The van der Waals surface area contributed by atoms with Gasteiger partial charge in [0, 0.05) is 29.8 Å². The molecule has 0 fully saturated rings. The van der Waals surface area contributed by atoms with E-state index >= 15 is 4.39 Å². The maximum absolute atomic E-state index is 15.5. The number of fused-ring (bicyclic) bond motifs is 1. The Balaban J connectivity index is 1.89. The summed E-state index contributed by atoms with van der Waals surface area (Å²) < 4.78 is 29.9. The number of aromatic nitrogens is 2. The summed E-state index contributed by atoms with van der Waals surface area (Å²) in [5, 5.41) is 8.14. The van der Waals surface area contributed by atoms with Crippen molar-refractivity contribution in [2.75, 3.05) is 13.6 Å². The lowest BCUT2D eigenvalue weighted by Gasteiger charge is -2.17. The first kappa shape index (κ1) is 17.5. The van der Waals surface area contributed by atoms with Crippen LogP contribution in [0.4, 0.5) is 8.78 Å². The molecule has 0 unspecified atom stereocenters. The third-order valence-corrected chi connectivity index (χ3v) is 4.81. The minimum Gasteiger partial charge on any atom is -0.298 e. The Kier molecular flexibility index (Phi) is 4.54. The van der Waals surface area contributed by atoms with Crippen molar-refractivity contribution in [3.63, 3.8) is 0 Å². The molecule has 0 spiro atoms. The van der Waals surface area contributed by atoms with Gasteiger partial charge in [0.15, 0.2) is 0 Å². The molecule has 2 aromatic carbocycles. The van der Waals surface area contributed by atoms with Crippen LogP contribution in [0, 0.1) is 18.6 Å². The number of hydrogen-bond acceptors (Lipinski definition) is 3. The second-order valence-corrected chi connectivity index (χ2v) is 6.81. The summed E-state index contributed by atoms with van der Waals surface area (Å²) in [5.41, 5.74) is 4.13. The molecule has 3 aromatic rings. The Labute approximate surface area is 157 Å². The molecule has 0 atom stereocenters. The van der Waals surface area contributed by atoms with E-state index in [0.29, 0.717) is 46.6 Å². The molecule has 1 aromatic heterocycles. The molecule has 0 bridgehead atoms. The monoisotopic (exact) mass is 363 g/mol. The molecule has 1 aliphatic rings. The Hall–Kier alpha value is -2.92. The Morgan fingerprint density at radius 1 is 0.889 bits per heavy atom. The van der Waals surface area contributed by atoms with Crippen LogP contribution in [0.1, 0.15) is 22.4 Å².